The van der Waals surface area contributed by atoms with Gasteiger partial charge in [-0.25, -0.2) is 10.1 Å². The molecular formula is C30H34N5O3+. The zero-order valence-electron chi connectivity index (χ0n) is 22.6. The molecule has 0 saturated carbocycles. The molecule has 0 saturated heterocycles. The van der Waals surface area contributed by atoms with Crippen LogP contribution in [-0.4, -0.2) is 28.5 Å². The van der Waals surface area contributed by atoms with Crippen LogP contribution >= 0.6 is 0 Å². The van der Waals surface area contributed by atoms with Gasteiger partial charge in [-0.2, -0.15) is 0 Å². The molecule has 2 aromatic heterocycles. The molecule has 38 heavy (non-hydrogen) atoms. The Hall–Kier alpha value is -4.43. The van der Waals surface area contributed by atoms with Crippen LogP contribution in [0.4, 0.5) is 16.2 Å². The number of aromatic nitrogens is 2. The number of hydrogen-bond donors (Lipinski definition) is 3. The number of amides is 3. The first-order valence-corrected chi connectivity index (χ1v) is 12.5. The summed E-state index contributed by atoms with van der Waals surface area (Å²) in [6, 6.07) is 20.5. The minimum Gasteiger partial charge on any atom is -0.457 e. The second-order valence-corrected chi connectivity index (χ2v) is 10.2. The summed E-state index contributed by atoms with van der Waals surface area (Å²) in [7, 11) is 1.55. The highest BCUT2D eigenvalue weighted by Gasteiger charge is 2.21. The Balaban J connectivity index is 1.50. The third-order valence-corrected chi connectivity index (χ3v) is 6.24. The fourth-order valence-corrected chi connectivity index (χ4v) is 4.18. The molecule has 0 unspecified atom stereocenters. The Morgan fingerprint density at radius 3 is 2.21 bits per heavy atom. The number of primary amides is 1. The van der Waals surface area contributed by atoms with E-state index in [9.17, 15) is 9.59 Å². The van der Waals surface area contributed by atoms with E-state index >= 15 is 0 Å². The molecule has 196 valence electrons. The van der Waals surface area contributed by atoms with Crippen LogP contribution in [0.3, 0.4) is 0 Å². The van der Waals surface area contributed by atoms with Crippen LogP contribution in [0.5, 0.6) is 11.5 Å². The highest BCUT2D eigenvalue weighted by atomic mass is 16.5. The van der Waals surface area contributed by atoms with E-state index in [-0.39, 0.29) is 23.0 Å². The van der Waals surface area contributed by atoms with Gasteiger partial charge >= 0.3 is 6.03 Å². The molecular weight excluding hydrogens is 478 g/mol. The predicted molar refractivity (Wildman–Crippen MR) is 149 cm³/mol. The van der Waals surface area contributed by atoms with E-state index in [1.54, 1.807) is 48.8 Å². The third-order valence-electron chi connectivity index (χ3n) is 6.24. The Bertz CT molecular complexity index is 1450. The lowest BCUT2D eigenvalue weighted by Gasteiger charge is -2.21. The Labute approximate surface area is 223 Å². The second-order valence-electron chi connectivity index (χ2n) is 10.2. The summed E-state index contributed by atoms with van der Waals surface area (Å²) in [6.45, 7) is 10.6. The zero-order chi connectivity index (χ0) is 27.4. The lowest BCUT2D eigenvalue weighted by Crippen LogP contribution is -2.84. The average molecular weight is 513 g/mol. The van der Waals surface area contributed by atoms with Crippen molar-refractivity contribution in [3.05, 3.63) is 95.6 Å². The van der Waals surface area contributed by atoms with Gasteiger partial charge in [0, 0.05) is 42.5 Å². The number of aryl methyl sites for hydroxylation is 2. The summed E-state index contributed by atoms with van der Waals surface area (Å²) < 4.78 is 8.01. The van der Waals surface area contributed by atoms with Crippen LogP contribution in [-0.2, 0) is 5.41 Å². The lowest BCUT2D eigenvalue weighted by molar-refractivity contribution is -0.459. The lowest BCUT2D eigenvalue weighted by atomic mass is 9.86. The first-order chi connectivity index (χ1) is 18.0. The molecule has 2 heterocycles. The summed E-state index contributed by atoms with van der Waals surface area (Å²) >= 11 is 0. The number of carbonyl (C=O) groups excluding carboxylic acids is 2. The Kier molecular flexibility index (Phi) is 7.64. The van der Waals surface area contributed by atoms with Crippen molar-refractivity contribution in [2.45, 2.75) is 40.0 Å². The minimum atomic E-state index is -0.289. The van der Waals surface area contributed by atoms with E-state index in [1.165, 1.54) is 6.20 Å². The van der Waals surface area contributed by atoms with Crippen LogP contribution in [0.25, 0.3) is 5.69 Å². The van der Waals surface area contributed by atoms with Crippen LogP contribution < -0.4 is 20.7 Å². The number of nitrogens with two attached hydrogens (primary N) is 1. The van der Waals surface area contributed by atoms with Crippen LogP contribution in [0.1, 0.15) is 48.2 Å². The molecule has 8 nitrogen and oxygen atoms in total. The van der Waals surface area contributed by atoms with E-state index in [1.807, 2.05) is 0 Å². The van der Waals surface area contributed by atoms with E-state index in [4.69, 9.17) is 4.74 Å². The molecule has 4 rings (SSSR count). The van der Waals surface area contributed by atoms with Crippen LogP contribution in [0.2, 0.25) is 0 Å². The number of nitrogens with zero attached hydrogens (tertiary/aromatic N) is 2. The average Bonchev–Trinajstić information content (AvgIpc) is 3.21. The number of anilines is 1. The second kappa shape index (κ2) is 10.9. The van der Waals surface area contributed by atoms with Gasteiger partial charge in [-0.05, 0) is 73.4 Å². The first kappa shape index (κ1) is 26.6. The monoisotopic (exact) mass is 512 g/mol. The summed E-state index contributed by atoms with van der Waals surface area (Å²) in [4.78, 5) is 28.9. The van der Waals surface area contributed by atoms with Crippen molar-refractivity contribution >= 4 is 23.3 Å². The maximum Gasteiger partial charge on any atom is 0.422 e. The molecule has 0 atom stereocenters. The zero-order valence-corrected chi connectivity index (χ0v) is 22.6. The summed E-state index contributed by atoms with van der Waals surface area (Å²) in [5.41, 5.74) is 6.03. The number of pyridine rings is 1. The number of hydrogen-bond acceptors (Lipinski definition) is 4. The number of nitrogens with one attached hydrogen (secondary N) is 2. The van der Waals surface area contributed by atoms with Gasteiger partial charge in [-0.1, -0.05) is 26.8 Å². The highest BCUT2D eigenvalue weighted by molar-refractivity contribution is 5.92. The molecule has 0 fully saturated rings. The van der Waals surface area contributed by atoms with Crippen molar-refractivity contribution < 1.29 is 19.6 Å². The van der Waals surface area contributed by atoms with Gasteiger partial charge in [0.15, 0.2) is 5.69 Å². The molecule has 2 aromatic carbocycles. The van der Waals surface area contributed by atoms with Crippen molar-refractivity contribution in [3.63, 3.8) is 0 Å². The Morgan fingerprint density at radius 2 is 1.58 bits per heavy atom. The van der Waals surface area contributed by atoms with Gasteiger partial charge in [0.05, 0.1) is 0 Å². The number of ether oxygens (including phenoxy) is 1. The third kappa shape index (κ3) is 6.10. The molecule has 3 amide bonds. The normalized spacial score (nSPS) is 11.2. The summed E-state index contributed by atoms with van der Waals surface area (Å²) in [5, 5.41) is 7.14. The molecule has 4 N–H and O–H groups in total. The van der Waals surface area contributed by atoms with Crippen molar-refractivity contribution in [3.8, 4) is 17.2 Å². The number of benzene rings is 2. The topological polar surface area (TPSA) is 102 Å². The van der Waals surface area contributed by atoms with Gasteiger partial charge in [0.1, 0.15) is 22.9 Å². The predicted octanol–water partition coefficient (Wildman–Crippen LogP) is 5.37. The first-order valence-electron chi connectivity index (χ1n) is 12.5. The summed E-state index contributed by atoms with van der Waals surface area (Å²) in [6.07, 6.45) is 1.52. The van der Waals surface area contributed by atoms with Gasteiger partial charge in [0.25, 0.3) is 5.91 Å². The smallest absolute Gasteiger partial charge is 0.422 e. The van der Waals surface area contributed by atoms with E-state index in [2.05, 4.69) is 85.1 Å². The number of carbonyl (C=O) groups is 2. The standard InChI is InChI=1S/C30H33N5O3/c1-19-7-8-20(2)35(19)27-14-9-21(30(3,4)5)17-25(27)34-29(37)33-22-10-12-23(13-11-22)38-24-15-16-32-26(18-24)28(36)31-6/h7-18H,1-6H3,(H,31,36)(H2,33,34,37)/p+1. The fourth-order valence-electron chi connectivity index (χ4n) is 4.18. The maximum atomic E-state index is 13.1. The van der Waals surface area contributed by atoms with Gasteiger partial charge < -0.3 is 14.6 Å². The number of quaternary nitrogens is 1. The van der Waals surface area contributed by atoms with E-state index in [0.29, 0.717) is 17.2 Å². The molecule has 0 bridgehead atoms. The molecule has 0 aliphatic carbocycles. The molecule has 0 aliphatic rings. The van der Waals surface area contributed by atoms with Gasteiger partial charge in [-0.15, -0.1) is 0 Å². The van der Waals surface area contributed by atoms with Crippen molar-refractivity contribution in [2.24, 2.45) is 0 Å². The minimum absolute atomic E-state index is 0.0515. The number of rotatable bonds is 6. The molecule has 0 spiro atoms. The van der Waals surface area contributed by atoms with Crippen LogP contribution in [0, 0.1) is 13.8 Å². The van der Waals surface area contributed by atoms with Crippen molar-refractivity contribution in [1.82, 2.24) is 14.9 Å². The summed E-state index contributed by atoms with van der Waals surface area (Å²) in [5.74, 6) is 0.772. The quantitative estimate of drug-likeness (QED) is 0.303. The van der Waals surface area contributed by atoms with Gasteiger partial charge in [-0.3, -0.25) is 15.1 Å². The Morgan fingerprint density at radius 1 is 0.895 bits per heavy atom. The largest absolute Gasteiger partial charge is 0.457 e. The maximum absolute atomic E-state index is 13.1. The van der Waals surface area contributed by atoms with Crippen molar-refractivity contribution in [1.29, 1.82) is 0 Å². The van der Waals surface area contributed by atoms with Crippen LogP contribution in [0.15, 0.2) is 72.9 Å². The molecule has 0 radical (unpaired) electrons. The van der Waals surface area contributed by atoms with E-state index in [0.717, 1.165) is 28.3 Å². The SMILES string of the molecule is CNC(=O)c1cc(Oc2ccc(NC(=O)[NH2+]c3cc(C(C)(C)C)ccc3-n3c(C)ccc3C)cc2)ccn1. The van der Waals surface area contributed by atoms with Crippen molar-refractivity contribution in [2.75, 3.05) is 12.4 Å². The molecule has 4 aromatic rings. The highest BCUT2D eigenvalue weighted by Crippen LogP contribution is 2.29. The van der Waals surface area contributed by atoms with E-state index < -0.39 is 0 Å². The molecule has 8 heteroatoms. The fraction of sp³-hybridized carbons (Fsp3) is 0.233. The molecule has 0 aliphatic heterocycles. The number of urea groups is 1. The van der Waals surface area contributed by atoms with Gasteiger partial charge in [0.2, 0.25) is 0 Å².